The Hall–Kier alpha value is 0.200. The highest BCUT2D eigenvalue weighted by Crippen LogP contribution is 2.19. The van der Waals surface area contributed by atoms with E-state index in [4.69, 9.17) is 11.6 Å². The van der Waals surface area contributed by atoms with Crippen LogP contribution in [0, 0.1) is 5.92 Å². The van der Waals surface area contributed by atoms with Crippen LogP contribution in [0.3, 0.4) is 0 Å². The fourth-order valence-corrected chi connectivity index (χ4v) is 3.09. The van der Waals surface area contributed by atoms with Gasteiger partial charge in [0.25, 0.3) is 0 Å². The smallest absolute Gasteiger partial charge is 0.212 e. The van der Waals surface area contributed by atoms with Crippen molar-refractivity contribution in [2.75, 3.05) is 18.7 Å². The molecule has 0 heterocycles. The van der Waals surface area contributed by atoms with E-state index in [0.717, 1.165) is 0 Å². The van der Waals surface area contributed by atoms with E-state index in [1.54, 1.807) is 7.05 Å². The third-order valence-corrected chi connectivity index (χ3v) is 5.28. The lowest BCUT2D eigenvalue weighted by Gasteiger charge is -2.32. The maximum Gasteiger partial charge on any atom is 0.214 e. The highest BCUT2D eigenvalue weighted by molar-refractivity contribution is 7.89. The van der Waals surface area contributed by atoms with E-state index in [2.05, 4.69) is 0 Å². The van der Waals surface area contributed by atoms with Crippen molar-refractivity contribution in [3.63, 3.8) is 0 Å². The van der Waals surface area contributed by atoms with Crippen LogP contribution in [0.1, 0.15) is 34.1 Å². The van der Waals surface area contributed by atoms with E-state index in [1.165, 1.54) is 4.31 Å². The second kappa shape index (κ2) is 5.51. The van der Waals surface area contributed by atoms with Gasteiger partial charge in [0.15, 0.2) is 0 Å². The van der Waals surface area contributed by atoms with Crippen molar-refractivity contribution >= 4 is 21.6 Å². The summed E-state index contributed by atoms with van der Waals surface area (Å²) in [6.07, 6.45) is 0.686. The number of hydrogen-bond donors (Lipinski definition) is 0. The minimum Gasteiger partial charge on any atom is -0.212 e. The van der Waals surface area contributed by atoms with E-state index in [1.807, 2.05) is 27.7 Å². The zero-order valence-corrected chi connectivity index (χ0v) is 11.8. The second-order valence-corrected chi connectivity index (χ2v) is 7.30. The molecule has 0 amide bonds. The average molecular weight is 256 g/mol. The van der Waals surface area contributed by atoms with Crippen LogP contribution in [-0.2, 0) is 10.0 Å². The molecule has 0 aromatic carbocycles. The van der Waals surface area contributed by atoms with E-state index in [0.29, 0.717) is 18.2 Å². The molecular formula is C10H22ClNO2S. The van der Waals surface area contributed by atoms with Crippen molar-refractivity contribution in [1.82, 2.24) is 4.31 Å². The highest BCUT2D eigenvalue weighted by atomic mass is 35.5. The van der Waals surface area contributed by atoms with Gasteiger partial charge in [-0.05, 0) is 26.2 Å². The Labute approximate surface area is 98.8 Å². The van der Waals surface area contributed by atoms with Gasteiger partial charge in [-0.25, -0.2) is 8.42 Å². The number of nitrogens with zero attached hydrogens (tertiary/aromatic N) is 1. The van der Waals surface area contributed by atoms with Crippen LogP contribution < -0.4 is 0 Å². The molecule has 0 spiro atoms. The third-order valence-electron chi connectivity index (χ3n) is 2.55. The molecule has 0 N–H and O–H groups in total. The van der Waals surface area contributed by atoms with Crippen molar-refractivity contribution in [2.24, 2.45) is 5.92 Å². The number of rotatable bonds is 6. The topological polar surface area (TPSA) is 37.4 Å². The van der Waals surface area contributed by atoms with Crippen molar-refractivity contribution in [3.05, 3.63) is 0 Å². The predicted octanol–water partition coefficient (Wildman–Crippen LogP) is 2.31. The zero-order chi connectivity index (χ0) is 12.3. The second-order valence-electron chi connectivity index (χ2n) is 4.91. The van der Waals surface area contributed by atoms with Crippen molar-refractivity contribution < 1.29 is 8.42 Å². The number of alkyl halides is 1. The number of hydrogen-bond acceptors (Lipinski definition) is 2. The maximum absolute atomic E-state index is 11.9. The Bertz CT molecular complexity index is 286. The molecular weight excluding hydrogens is 234 g/mol. The lowest BCUT2D eigenvalue weighted by Crippen LogP contribution is -2.47. The molecule has 15 heavy (non-hydrogen) atoms. The third kappa shape index (κ3) is 4.70. The summed E-state index contributed by atoms with van der Waals surface area (Å²) in [7, 11) is -1.58. The first kappa shape index (κ1) is 15.2. The van der Waals surface area contributed by atoms with Gasteiger partial charge < -0.3 is 0 Å². The Morgan fingerprint density at radius 1 is 1.33 bits per heavy atom. The van der Waals surface area contributed by atoms with Crippen LogP contribution in [0.5, 0.6) is 0 Å². The van der Waals surface area contributed by atoms with Gasteiger partial charge >= 0.3 is 0 Å². The standard InChI is InChI=1S/C10H22ClNO2S/c1-9(2)6-7-15(13,14)12(5)10(3,4)8-11/h9H,6-8H2,1-5H3. The lowest BCUT2D eigenvalue weighted by molar-refractivity contribution is 0.295. The lowest BCUT2D eigenvalue weighted by atomic mass is 10.1. The molecule has 0 fully saturated rings. The molecule has 0 aromatic heterocycles. The summed E-state index contributed by atoms with van der Waals surface area (Å²) >= 11 is 5.75. The monoisotopic (exact) mass is 255 g/mol. The molecule has 0 aliphatic rings. The Morgan fingerprint density at radius 2 is 1.80 bits per heavy atom. The van der Waals surface area contributed by atoms with Gasteiger partial charge in [-0.2, -0.15) is 4.31 Å². The average Bonchev–Trinajstić information content (AvgIpc) is 2.13. The first-order valence-corrected chi connectivity index (χ1v) is 7.30. The summed E-state index contributed by atoms with van der Waals surface area (Å²) in [4.78, 5) is 0. The molecule has 3 nitrogen and oxygen atoms in total. The van der Waals surface area contributed by atoms with Crippen LogP contribution >= 0.6 is 11.6 Å². The van der Waals surface area contributed by atoms with Crippen LogP contribution in [0.2, 0.25) is 0 Å². The highest BCUT2D eigenvalue weighted by Gasteiger charge is 2.31. The minimum atomic E-state index is -3.18. The van der Waals surface area contributed by atoms with E-state index >= 15 is 0 Å². The van der Waals surface area contributed by atoms with Crippen molar-refractivity contribution in [2.45, 2.75) is 39.7 Å². The van der Waals surface area contributed by atoms with Crippen LogP contribution in [0.15, 0.2) is 0 Å². The van der Waals surface area contributed by atoms with E-state index in [9.17, 15) is 8.42 Å². The molecule has 92 valence electrons. The SMILES string of the molecule is CC(C)CCS(=O)(=O)N(C)C(C)(C)CCl. The van der Waals surface area contributed by atoms with Gasteiger partial charge in [0.05, 0.1) is 5.75 Å². The van der Waals surface area contributed by atoms with Crippen LogP contribution in [0.25, 0.3) is 0 Å². The molecule has 0 unspecified atom stereocenters. The molecule has 0 aliphatic carbocycles. The summed E-state index contributed by atoms with van der Waals surface area (Å²) < 4.78 is 25.2. The first-order chi connectivity index (χ1) is 6.63. The van der Waals surface area contributed by atoms with E-state index < -0.39 is 15.6 Å². The molecule has 0 saturated carbocycles. The number of halogens is 1. The first-order valence-electron chi connectivity index (χ1n) is 5.16. The Morgan fingerprint density at radius 3 is 2.13 bits per heavy atom. The molecule has 0 aliphatic heterocycles. The number of sulfonamides is 1. The van der Waals surface area contributed by atoms with Gasteiger partial charge in [0.2, 0.25) is 10.0 Å². The predicted molar refractivity (Wildman–Crippen MR) is 65.8 cm³/mol. The Kier molecular flexibility index (Phi) is 5.58. The maximum atomic E-state index is 11.9. The van der Waals surface area contributed by atoms with Gasteiger partial charge in [0.1, 0.15) is 0 Å². The van der Waals surface area contributed by atoms with Crippen LogP contribution in [-0.4, -0.2) is 36.9 Å². The van der Waals surface area contributed by atoms with Gasteiger partial charge in [0, 0.05) is 18.5 Å². The molecule has 0 atom stereocenters. The van der Waals surface area contributed by atoms with Gasteiger partial charge in [-0.3, -0.25) is 0 Å². The zero-order valence-electron chi connectivity index (χ0n) is 10.2. The molecule has 5 heteroatoms. The fraction of sp³-hybridized carbons (Fsp3) is 1.00. The Balaban J connectivity index is 4.60. The fourth-order valence-electron chi connectivity index (χ4n) is 0.982. The quantitative estimate of drug-likeness (QED) is 0.683. The molecule has 0 radical (unpaired) electrons. The van der Waals surface area contributed by atoms with Crippen molar-refractivity contribution in [3.8, 4) is 0 Å². The van der Waals surface area contributed by atoms with Crippen LogP contribution in [0.4, 0.5) is 0 Å². The van der Waals surface area contributed by atoms with E-state index in [-0.39, 0.29) is 5.75 Å². The molecule has 0 bridgehead atoms. The summed E-state index contributed by atoms with van der Waals surface area (Å²) in [5.41, 5.74) is -0.516. The minimum absolute atomic E-state index is 0.196. The largest absolute Gasteiger partial charge is 0.214 e. The summed E-state index contributed by atoms with van der Waals surface area (Å²) in [6.45, 7) is 7.68. The summed E-state index contributed by atoms with van der Waals surface area (Å²) in [6, 6.07) is 0. The van der Waals surface area contributed by atoms with Crippen molar-refractivity contribution in [1.29, 1.82) is 0 Å². The molecule has 0 rings (SSSR count). The summed E-state index contributed by atoms with van der Waals surface area (Å²) in [5, 5.41) is 0. The molecule has 0 saturated heterocycles. The van der Waals surface area contributed by atoms with Gasteiger partial charge in [-0.15, -0.1) is 11.6 Å². The van der Waals surface area contributed by atoms with Gasteiger partial charge in [-0.1, -0.05) is 13.8 Å². The molecule has 0 aromatic rings. The normalized spacial score (nSPS) is 13.9. The summed E-state index contributed by atoms with van der Waals surface area (Å²) in [5.74, 6) is 0.888.